The molecule has 0 fully saturated rings. The first kappa shape index (κ1) is 16.0. The molecule has 0 atom stereocenters. The van der Waals surface area contributed by atoms with Gasteiger partial charge >= 0.3 is 0 Å². The van der Waals surface area contributed by atoms with Crippen LogP contribution in [0, 0.1) is 0 Å². The molecule has 3 nitrogen and oxygen atoms in total. The zero-order valence-electron chi connectivity index (χ0n) is 12.7. The predicted molar refractivity (Wildman–Crippen MR) is 83.6 cm³/mol. The summed E-state index contributed by atoms with van der Waals surface area (Å²) in [5.74, 6) is 0.653. The zero-order valence-corrected chi connectivity index (χ0v) is 14.7. The molecule has 0 heterocycles. The molecule has 0 bridgehead atoms. The summed E-state index contributed by atoms with van der Waals surface area (Å²) in [6.07, 6.45) is 0.283. The summed E-state index contributed by atoms with van der Waals surface area (Å²) in [5, 5.41) is 0. The number of carbonyl (C=O) groups is 1. The maximum atomic E-state index is 11.9. The summed E-state index contributed by atoms with van der Waals surface area (Å²) in [6.45, 7) is 12.4. The molecule has 0 aliphatic rings. The van der Waals surface area contributed by atoms with Crippen LogP contribution in [0.3, 0.4) is 0 Å². The Bertz CT molecular complexity index is 445. The van der Waals surface area contributed by atoms with E-state index in [4.69, 9.17) is 8.85 Å². The molecule has 5 heteroatoms. The molecule has 0 N–H and O–H groups in total. The van der Waals surface area contributed by atoms with Gasteiger partial charge < -0.3 is 8.85 Å². The quantitative estimate of drug-likeness (QED) is 0.775. The fraction of sp³-hybridized carbons (Fsp3) is 0.500. The highest BCUT2D eigenvalue weighted by Gasteiger charge is 2.22. The van der Waals surface area contributed by atoms with Crippen LogP contribution in [0.5, 0.6) is 5.75 Å². The van der Waals surface area contributed by atoms with E-state index in [1.807, 2.05) is 43.9 Å². The van der Waals surface area contributed by atoms with Crippen LogP contribution in [0.4, 0.5) is 0 Å². The van der Waals surface area contributed by atoms with Gasteiger partial charge in [-0.05, 0) is 45.3 Å². The van der Waals surface area contributed by atoms with Crippen LogP contribution in [0.2, 0.25) is 39.3 Å². The van der Waals surface area contributed by atoms with Gasteiger partial charge in [0.05, 0.1) is 6.42 Å². The highest BCUT2D eigenvalue weighted by Crippen LogP contribution is 2.22. The van der Waals surface area contributed by atoms with Gasteiger partial charge in [-0.15, -0.1) is 0 Å². The molecule has 0 aromatic heterocycles. The fourth-order valence-corrected chi connectivity index (χ4v) is 3.23. The summed E-state index contributed by atoms with van der Waals surface area (Å²) >= 11 is 0. The van der Waals surface area contributed by atoms with Gasteiger partial charge in [0, 0.05) is 5.56 Å². The molecular formula is C14H24O3Si2. The highest BCUT2D eigenvalue weighted by molar-refractivity contribution is 6.71. The second-order valence-electron chi connectivity index (χ2n) is 6.59. The fourth-order valence-electron chi connectivity index (χ4n) is 1.61. The lowest BCUT2D eigenvalue weighted by Gasteiger charge is -2.22. The molecule has 1 rings (SSSR count). The molecule has 0 radical (unpaired) electrons. The Labute approximate surface area is 118 Å². The Morgan fingerprint density at radius 3 is 2.11 bits per heavy atom. The largest absolute Gasteiger partial charge is 0.544 e. The van der Waals surface area contributed by atoms with E-state index in [0.29, 0.717) is 0 Å². The van der Waals surface area contributed by atoms with Gasteiger partial charge in [-0.3, -0.25) is 4.79 Å². The zero-order chi connectivity index (χ0) is 14.7. The predicted octanol–water partition coefficient (Wildman–Crippen LogP) is 3.82. The average molecular weight is 297 g/mol. The van der Waals surface area contributed by atoms with E-state index in [1.54, 1.807) is 0 Å². The Morgan fingerprint density at radius 1 is 1.00 bits per heavy atom. The normalized spacial score (nSPS) is 12.1. The van der Waals surface area contributed by atoms with Crippen molar-refractivity contribution in [3.05, 3.63) is 29.8 Å². The van der Waals surface area contributed by atoms with Crippen molar-refractivity contribution >= 4 is 22.6 Å². The first-order chi connectivity index (χ1) is 8.57. The van der Waals surface area contributed by atoms with Crippen LogP contribution < -0.4 is 4.43 Å². The van der Waals surface area contributed by atoms with Gasteiger partial charge in [0.25, 0.3) is 5.97 Å². The van der Waals surface area contributed by atoms with Crippen LogP contribution in [0.15, 0.2) is 24.3 Å². The third kappa shape index (κ3) is 6.59. The van der Waals surface area contributed by atoms with Gasteiger partial charge in [0.15, 0.2) is 0 Å². The van der Waals surface area contributed by atoms with Gasteiger partial charge in [-0.25, -0.2) is 0 Å². The molecule has 0 aliphatic heterocycles. The van der Waals surface area contributed by atoms with E-state index in [2.05, 4.69) is 19.6 Å². The van der Waals surface area contributed by atoms with Crippen molar-refractivity contribution in [3.8, 4) is 5.75 Å². The lowest BCUT2D eigenvalue weighted by molar-refractivity contribution is -0.134. The summed E-state index contributed by atoms with van der Waals surface area (Å²) in [5.41, 5.74) is 0.910. The maximum Gasteiger partial charge on any atom is 0.297 e. The van der Waals surface area contributed by atoms with Gasteiger partial charge in [0.1, 0.15) is 5.75 Å². The molecule has 0 saturated heterocycles. The molecule has 1 aromatic rings. The van der Waals surface area contributed by atoms with Crippen molar-refractivity contribution in [2.24, 2.45) is 0 Å². The third-order valence-electron chi connectivity index (χ3n) is 2.14. The summed E-state index contributed by atoms with van der Waals surface area (Å²) < 4.78 is 11.5. The van der Waals surface area contributed by atoms with Gasteiger partial charge in [-0.1, -0.05) is 18.2 Å². The van der Waals surface area contributed by atoms with E-state index >= 15 is 0 Å². The summed E-state index contributed by atoms with van der Waals surface area (Å²) in [6, 6.07) is 7.72. The standard InChI is InChI=1S/C14H24O3Si2/c1-18(2,3)16-13-10-8-7-9-12(13)11-14(15)17-19(4,5)6/h7-10H,11H2,1-6H3. The summed E-state index contributed by atoms with van der Waals surface area (Å²) in [7, 11) is -3.49. The van der Waals surface area contributed by atoms with Crippen molar-refractivity contribution in [2.75, 3.05) is 0 Å². The Hall–Kier alpha value is -1.08. The lowest BCUT2D eigenvalue weighted by Crippen LogP contribution is -2.31. The maximum absolute atomic E-state index is 11.9. The van der Waals surface area contributed by atoms with Crippen molar-refractivity contribution in [3.63, 3.8) is 0 Å². The van der Waals surface area contributed by atoms with Crippen LogP contribution >= 0.6 is 0 Å². The van der Waals surface area contributed by atoms with Crippen molar-refractivity contribution < 1.29 is 13.6 Å². The monoisotopic (exact) mass is 296 g/mol. The van der Waals surface area contributed by atoms with Gasteiger partial charge in [0.2, 0.25) is 16.6 Å². The second kappa shape index (κ2) is 5.92. The Morgan fingerprint density at radius 2 is 1.58 bits per heavy atom. The van der Waals surface area contributed by atoms with Crippen molar-refractivity contribution in [1.82, 2.24) is 0 Å². The number of benzene rings is 1. The smallest absolute Gasteiger partial charge is 0.297 e. The number of rotatable bonds is 5. The topological polar surface area (TPSA) is 35.5 Å². The Kier molecular flexibility index (Phi) is 4.98. The molecule has 19 heavy (non-hydrogen) atoms. The SMILES string of the molecule is C[Si](C)(C)OC(=O)Cc1ccccc1O[Si](C)(C)C. The third-order valence-corrected chi connectivity index (χ3v) is 3.82. The van der Waals surface area contributed by atoms with Crippen molar-refractivity contribution in [2.45, 2.75) is 45.7 Å². The molecule has 0 unspecified atom stereocenters. The first-order valence-electron chi connectivity index (χ1n) is 6.56. The number of para-hydroxylation sites is 1. The molecule has 0 amide bonds. The van der Waals surface area contributed by atoms with E-state index < -0.39 is 16.6 Å². The number of hydrogen-bond donors (Lipinski definition) is 0. The molecule has 0 spiro atoms. The number of carbonyl (C=O) groups excluding carboxylic acids is 1. The van der Waals surface area contributed by atoms with Crippen LogP contribution in [-0.2, 0) is 15.6 Å². The average Bonchev–Trinajstić information content (AvgIpc) is 2.15. The highest BCUT2D eigenvalue weighted by atomic mass is 28.4. The van der Waals surface area contributed by atoms with E-state index in [0.717, 1.165) is 11.3 Å². The molecule has 106 valence electrons. The minimum absolute atomic E-state index is 0.161. The number of hydrogen-bond acceptors (Lipinski definition) is 3. The second-order valence-corrected chi connectivity index (χ2v) is 15.4. The molecule has 0 saturated carbocycles. The molecular weight excluding hydrogens is 272 g/mol. The first-order valence-corrected chi connectivity index (χ1v) is 13.4. The van der Waals surface area contributed by atoms with Gasteiger partial charge in [-0.2, -0.15) is 0 Å². The van der Waals surface area contributed by atoms with E-state index in [1.165, 1.54) is 0 Å². The summed E-state index contributed by atoms with van der Waals surface area (Å²) in [4.78, 5) is 11.9. The minimum atomic E-state index is -1.82. The van der Waals surface area contributed by atoms with Crippen molar-refractivity contribution in [1.29, 1.82) is 0 Å². The van der Waals surface area contributed by atoms with Crippen LogP contribution in [0.25, 0.3) is 0 Å². The Balaban J connectivity index is 2.81. The van der Waals surface area contributed by atoms with E-state index in [9.17, 15) is 4.79 Å². The van der Waals surface area contributed by atoms with E-state index in [-0.39, 0.29) is 12.4 Å². The molecule has 0 aliphatic carbocycles. The van der Waals surface area contributed by atoms with Crippen LogP contribution in [0.1, 0.15) is 5.56 Å². The lowest BCUT2D eigenvalue weighted by atomic mass is 10.1. The molecule has 1 aromatic carbocycles. The van der Waals surface area contributed by atoms with Crippen LogP contribution in [-0.4, -0.2) is 22.6 Å². The minimum Gasteiger partial charge on any atom is -0.544 e.